The number of benzene rings is 3. The molecule has 0 bridgehead atoms. The quantitative estimate of drug-likeness (QED) is 0.280. The lowest BCUT2D eigenvalue weighted by Gasteiger charge is -2.02. The minimum atomic E-state index is -0.292. The van der Waals surface area contributed by atoms with Crippen molar-refractivity contribution in [3.05, 3.63) is 89.2 Å². The molecule has 0 radical (unpaired) electrons. The number of halogens is 1. The average Bonchev–Trinajstić information content (AvgIpc) is 2.70. The predicted molar refractivity (Wildman–Crippen MR) is 112 cm³/mol. The van der Waals surface area contributed by atoms with Gasteiger partial charge in [-0.1, -0.05) is 56.0 Å². The molecule has 0 aliphatic carbocycles. The van der Waals surface area contributed by atoms with Crippen molar-refractivity contribution in [3.8, 4) is 28.4 Å². The molecule has 3 heteroatoms. The van der Waals surface area contributed by atoms with Gasteiger partial charge in [-0.05, 0) is 71.8 Å². The van der Waals surface area contributed by atoms with Crippen molar-refractivity contribution in [2.24, 2.45) is 0 Å². The second kappa shape index (κ2) is 10.2. The molecule has 0 spiro atoms. The minimum absolute atomic E-state index is 0.292. The summed E-state index contributed by atoms with van der Waals surface area (Å²) in [5, 5.41) is 10.7. The first kappa shape index (κ1) is 20.3. The molecule has 1 nitrogen and oxygen atoms in total. The van der Waals surface area contributed by atoms with Gasteiger partial charge in [-0.25, -0.2) is 4.39 Å². The molecule has 0 aliphatic rings. The normalized spacial score (nSPS) is 9.30. The van der Waals surface area contributed by atoms with Gasteiger partial charge < -0.3 is 0 Å². The Labute approximate surface area is 164 Å². The number of thioether (sulfide) groups is 1. The molecule has 0 saturated heterocycles. The fraction of sp³-hybridized carbons (Fsp3) is 0.125. The number of hydrogen-bond acceptors (Lipinski definition) is 2. The van der Waals surface area contributed by atoms with E-state index in [1.54, 1.807) is 6.07 Å². The summed E-state index contributed by atoms with van der Waals surface area (Å²) in [7, 11) is 0. The Morgan fingerprint density at radius 2 is 1.41 bits per heavy atom. The number of nitrogens with zero attached hydrogens (tertiary/aromatic N) is 1. The van der Waals surface area contributed by atoms with Crippen molar-refractivity contribution in [1.29, 1.82) is 5.26 Å². The van der Waals surface area contributed by atoms with E-state index in [9.17, 15) is 4.39 Å². The van der Waals surface area contributed by atoms with Gasteiger partial charge in [0.05, 0.1) is 5.56 Å². The first-order chi connectivity index (χ1) is 13.2. The molecule has 0 unspecified atom stereocenters. The Hall–Kier alpha value is -3.01. The fourth-order valence-corrected chi connectivity index (χ4v) is 2.75. The summed E-state index contributed by atoms with van der Waals surface area (Å²) < 4.78 is 13.8. The van der Waals surface area contributed by atoms with Crippen LogP contribution in [0.25, 0.3) is 11.1 Å². The number of nitriles is 1. The van der Waals surface area contributed by atoms with Crippen molar-refractivity contribution in [2.75, 3.05) is 0 Å². The molecule has 3 aromatic rings. The van der Waals surface area contributed by atoms with Gasteiger partial charge in [0.15, 0.2) is 0 Å². The maximum atomic E-state index is 13.8. The highest BCUT2D eigenvalue weighted by Crippen LogP contribution is 2.24. The lowest BCUT2D eigenvalue weighted by molar-refractivity contribution is 0.623. The van der Waals surface area contributed by atoms with Crippen molar-refractivity contribution >= 4 is 11.8 Å². The Bertz CT molecular complexity index is 988. The first-order valence-electron chi connectivity index (χ1n) is 8.70. The topological polar surface area (TPSA) is 23.8 Å². The molecule has 0 fully saturated rings. The second-order valence-corrected chi connectivity index (χ2v) is 6.39. The van der Waals surface area contributed by atoms with Crippen molar-refractivity contribution in [1.82, 2.24) is 0 Å². The van der Waals surface area contributed by atoms with Crippen LogP contribution in [0.15, 0.2) is 71.6 Å². The van der Waals surface area contributed by atoms with E-state index in [0.29, 0.717) is 5.56 Å². The molecule has 0 saturated carbocycles. The van der Waals surface area contributed by atoms with Crippen LogP contribution < -0.4 is 0 Å². The summed E-state index contributed by atoms with van der Waals surface area (Å²) in [6.07, 6.45) is 0. The highest BCUT2D eigenvalue weighted by atomic mass is 32.2. The van der Waals surface area contributed by atoms with Crippen LogP contribution in [0.2, 0.25) is 0 Å². The highest BCUT2D eigenvalue weighted by molar-refractivity contribution is 8.03. The van der Waals surface area contributed by atoms with Gasteiger partial charge in [0.1, 0.15) is 11.2 Å². The van der Waals surface area contributed by atoms with Crippen molar-refractivity contribution in [2.45, 2.75) is 25.7 Å². The van der Waals surface area contributed by atoms with Crippen LogP contribution in [0.1, 0.15) is 30.5 Å². The summed E-state index contributed by atoms with van der Waals surface area (Å²) in [6, 6.07) is 20.7. The van der Waals surface area contributed by atoms with E-state index in [0.717, 1.165) is 38.9 Å². The second-order valence-electron chi connectivity index (χ2n) is 5.53. The molecule has 0 N–H and O–H groups in total. The lowest BCUT2D eigenvalue weighted by Crippen LogP contribution is -1.85. The van der Waals surface area contributed by atoms with Crippen LogP contribution in [-0.4, -0.2) is 0 Å². The molecular formula is C24H20FNS. The average molecular weight is 373 g/mol. The van der Waals surface area contributed by atoms with Crippen LogP contribution >= 0.6 is 11.8 Å². The number of thiocyanates is 1. The van der Waals surface area contributed by atoms with Crippen LogP contribution in [0.3, 0.4) is 0 Å². The monoisotopic (exact) mass is 373 g/mol. The third kappa shape index (κ3) is 5.74. The third-order valence-electron chi connectivity index (χ3n) is 3.70. The van der Waals surface area contributed by atoms with Crippen LogP contribution in [0.4, 0.5) is 4.39 Å². The van der Waals surface area contributed by atoms with Crippen molar-refractivity contribution in [3.63, 3.8) is 0 Å². The smallest absolute Gasteiger partial charge is 0.139 e. The zero-order valence-corrected chi connectivity index (χ0v) is 16.4. The Morgan fingerprint density at radius 1 is 0.815 bits per heavy atom. The number of aryl methyl sites for hydroxylation is 1. The summed E-state index contributed by atoms with van der Waals surface area (Å²) in [6.45, 7) is 5.85. The molecule has 3 aromatic carbocycles. The maximum absolute atomic E-state index is 13.8. The molecular weight excluding hydrogens is 353 g/mol. The molecule has 0 heterocycles. The van der Waals surface area contributed by atoms with Crippen molar-refractivity contribution < 1.29 is 4.39 Å². The molecule has 27 heavy (non-hydrogen) atoms. The Balaban J connectivity index is 0.00000126. The summed E-state index contributed by atoms with van der Waals surface area (Å²) in [5.41, 5.74) is 4.26. The summed E-state index contributed by atoms with van der Waals surface area (Å²) >= 11 is 1.14. The molecule has 0 amide bonds. The first-order valence-corrected chi connectivity index (χ1v) is 9.52. The van der Waals surface area contributed by atoms with E-state index >= 15 is 0 Å². The largest absolute Gasteiger partial charge is 0.206 e. The molecule has 0 atom stereocenters. The van der Waals surface area contributed by atoms with Gasteiger partial charge >= 0.3 is 0 Å². The molecule has 0 aliphatic heterocycles. The third-order valence-corrected chi connectivity index (χ3v) is 4.30. The number of rotatable bonds is 2. The maximum Gasteiger partial charge on any atom is 0.139 e. The van der Waals surface area contributed by atoms with Gasteiger partial charge in [-0.3, -0.25) is 0 Å². The van der Waals surface area contributed by atoms with Gasteiger partial charge in [0.25, 0.3) is 0 Å². The van der Waals surface area contributed by atoms with E-state index in [4.69, 9.17) is 5.26 Å². The summed E-state index contributed by atoms with van der Waals surface area (Å²) in [5.74, 6) is 5.58. The van der Waals surface area contributed by atoms with E-state index in [-0.39, 0.29) is 5.82 Å². The number of hydrogen-bond donors (Lipinski definition) is 0. The van der Waals surface area contributed by atoms with Crippen LogP contribution in [0.5, 0.6) is 0 Å². The fourth-order valence-electron chi connectivity index (χ4n) is 2.38. The zero-order valence-electron chi connectivity index (χ0n) is 15.6. The summed E-state index contributed by atoms with van der Waals surface area (Å²) in [4.78, 5) is 0.925. The Morgan fingerprint density at radius 3 is 1.96 bits per heavy atom. The van der Waals surface area contributed by atoms with Gasteiger partial charge in [0.2, 0.25) is 0 Å². The van der Waals surface area contributed by atoms with E-state index in [1.165, 1.54) is 6.07 Å². The molecule has 0 aromatic heterocycles. The standard InChI is InChI=1S/C22H14FNS.C2H6/c1-16-2-6-20(22(23)14-16)9-5-17-3-7-18(8-4-17)19-10-12-21(13-11-19)25-15-24;1-2/h2-4,6-8,10-14H,1H3;1-2H3. The predicted octanol–water partition coefficient (Wildman–Crippen LogP) is 6.80. The van der Waals surface area contributed by atoms with Gasteiger partial charge in [-0.2, -0.15) is 5.26 Å². The van der Waals surface area contributed by atoms with Gasteiger partial charge in [-0.15, -0.1) is 0 Å². The van der Waals surface area contributed by atoms with Gasteiger partial charge in [0, 0.05) is 10.5 Å². The van der Waals surface area contributed by atoms with Crippen LogP contribution in [-0.2, 0) is 0 Å². The van der Waals surface area contributed by atoms with E-state index in [1.807, 2.05) is 75.4 Å². The van der Waals surface area contributed by atoms with E-state index < -0.39 is 0 Å². The van der Waals surface area contributed by atoms with Crippen LogP contribution in [0, 0.1) is 35.2 Å². The Kier molecular flexibility index (Phi) is 7.68. The molecule has 3 rings (SSSR count). The minimum Gasteiger partial charge on any atom is -0.206 e. The zero-order chi connectivity index (χ0) is 19.6. The van der Waals surface area contributed by atoms with E-state index in [2.05, 4.69) is 17.2 Å². The highest BCUT2D eigenvalue weighted by Gasteiger charge is 2.00. The SMILES string of the molecule is CC.Cc1ccc(C#Cc2ccc(-c3ccc(SC#N)cc3)cc2)c(F)c1. The molecule has 134 valence electrons. The lowest BCUT2D eigenvalue weighted by atomic mass is 10.0.